The summed E-state index contributed by atoms with van der Waals surface area (Å²) in [6, 6.07) is 13.5. The number of ether oxygens (including phenoxy) is 1. The van der Waals surface area contributed by atoms with Crippen molar-refractivity contribution in [1.82, 2.24) is 5.32 Å². The Labute approximate surface area is 157 Å². The maximum absolute atomic E-state index is 13.3. The predicted octanol–water partition coefficient (Wildman–Crippen LogP) is 4.37. The number of halogens is 1. The number of carbonyl (C=O) groups is 1. The van der Waals surface area contributed by atoms with Crippen LogP contribution in [0.15, 0.2) is 52.9 Å². The van der Waals surface area contributed by atoms with Crippen LogP contribution in [0, 0.1) is 12.7 Å². The van der Waals surface area contributed by atoms with E-state index in [1.165, 1.54) is 12.1 Å². The van der Waals surface area contributed by atoms with Gasteiger partial charge in [-0.15, -0.1) is 0 Å². The number of carbonyl (C=O) groups excluding carboxylic acids is 1. The lowest BCUT2D eigenvalue weighted by Gasteiger charge is -2.12. The third-order valence-corrected chi connectivity index (χ3v) is 4.26. The van der Waals surface area contributed by atoms with Crippen molar-refractivity contribution in [2.75, 3.05) is 19.5 Å². The monoisotopic (exact) mass is 368 g/mol. The number of aryl methyl sites for hydroxylation is 1. The van der Waals surface area contributed by atoms with E-state index in [0.717, 1.165) is 11.1 Å². The summed E-state index contributed by atoms with van der Waals surface area (Å²) in [6.07, 6.45) is 0. The van der Waals surface area contributed by atoms with E-state index in [1.54, 1.807) is 38.4 Å². The number of furan rings is 1. The van der Waals surface area contributed by atoms with Gasteiger partial charge in [0.05, 0.1) is 19.3 Å². The maximum Gasteiger partial charge on any atom is 0.251 e. The molecule has 1 amide bonds. The zero-order chi connectivity index (χ0) is 19.4. The lowest BCUT2D eigenvalue weighted by Crippen LogP contribution is -2.18. The number of anilines is 1. The molecule has 0 radical (unpaired) electrons. The zero-order valence-electron chi connectivity index (χ0n) is 15.4. The minimum Gasteiger partial charge on any atom is -0.495 e. The summed E-state index contributed by atoms with van der Waals surface area (Å²) in [5.41, 5.74) is 2.88. The van der Waals surface area contributed by atoms with Crippen LogP contribution in [-0.4, -0.2) is 20.1 Å². The molecule has 6 heteroatoms. The molecule has 2 aromatic carbocycles. The first-order chi connectivity index (χ1) is 13.0. The average molecular weight is 368 g/mol. The van der Waals surface area contributed by atoms with Crippen molar-refractivity contribution in [3.8, 4) is 17.1 Å². The second-order valence-corrected chi connectivity index (χ2v) is 6.07. The fraction of sp³-hybridized carbons (Fsp3) is 0.190. The number of methoxy groups -OCH3 is 1. The summed E-state index contributed by atoms with van der Waals surface area (Å²) < 4.78 is 24.5. The van der Waals surface area contributed by atoms with E-state index in [4.69, 9.17) is 9.15 Å². The molecular weight excluding hydrogens is 347 g/mol. The van der Waals surface area contributed by atoms with Crippen LogP contribution in [-0.2, 0) is 6.54 Å². The normalized spacial score (nSPS) is 10.5. The molecule has 0 aliphatic rings. The van der Waals surface area contributed by atoms with Crippen molar-refractivity contribution in [2.45, 2.75) is 13.5 Å². The van der Waals surface area contributed by atoms with Crippen LogP contribution in [0.2, 0.25) is 0 Å². The SMILES string of the molecule is CNC(=O)c1ccc(OC)c(NCc2ccc(-c3ccc(F)cc3C)o2)c1. The van der Waals surface area contributed by atoms with E-state index in [9.17, 15) is 9.18 Å². The Kier molecular flexibility index (Phi) is 5.45. The van der Waals surface area contributed by atoms with Gasteiger partial charge >= 0.3 is 0 Å². The average Bonchev–Trinajstić information content (AvgIpc) is 3.14. The van der Waals surface area contributed by atoms with Crippen molar-refractivity contribution in [3.05, 3.63) is 71.2 Å². The van der Waals surface area contributed by atoms with Crippen LogP contribution in [0.4, 0.5) is 10.1 Å². The molecule has 1 aromatic heterocycles. The summed E-state index contributed by atoms with van der Waals surface area (Å²) in [6.45, 7) is 2.25. The van der Waals surface area contributed by atoms with Gasteiger partial charge < -0.3 is 19.8 Å². The molecule has 0 aliphatic heterocycles. The first-order valence-electron chi connectivity index (χ1n) is 8.51. The highest BCUT2D eigenvalue weighted by atomic mass is 19.1. The molecule has 5 nitrogen and oxygen atoms in total. The van der Waals surface area contributed by atoms with Gasteiger partial charge in [0, 0.05) is 18.2 Å². The van der Waals surface area contributed by atoms with Gasteiger partial charge in [-0.05, 0) is 61.0 Å². The third kappa shape index (κ3) is 4.11. The van der Waals surface area contributed by atoms with Crippen LogP contribution >= 0.6 is 0 Å². The number of hydrogen-bond acceptors (Lipinski definition) is 4. The zero-order valence-corrected chi connectivity index (χ0v) is 15.4. The molecule has 2 N–H and O–H groups in total. The first kappa shape index (κ1) is 18.5. The Bertz CT molecular complexity index is 966. The number of amides is 1. The summed E-state index contributed by atoms with van der Waals surface area (Å²) in [7, 11) is 3.16. The topological polar surface area (TPSA) is 63.5 Å². The lowest BCUT2D eigenvalue weighted by atomic mass is 10.1. The third-order valence-electron chi connectivity index (χ3n) is 4.26. The summed E-state index contributed by atoms with van der Waals surface area (Å²) in [4.78, 5) is 11.8. The molecule has 1 heterocycles. The highest BCUT2D eigenvalue weighted by Crippen LogP contribution is 2.29. The van der Waals surface area contributed by atoms with Crippen LogP contribution in [0.3, 0.4) is 0 Å². The van der Waals surface area contributed by atoms with Crippen LogP contribution < -0.4 is 15.4 Å². The molecule has 140 valence electrons. The van der Waals surface area contributed by atoms with E-state index in [2.05, 4.69) is 10.6 Å². The minimum absolute atomic E-state index is 0.173. The summed E-state index contributed by atoms with van der Waals surface area (Å²) in [5.74, 6) is 1.57. The number of hydrogen-bond donors (Lipinski definition) is 2. The number of nitrogens with one attached hydrogen (secondary N) is 2. The molecule has 0 aliphatic carbocycles. The van der Waals surface area contributed by atoms with Crippen molar-refractivity contribution in [3.63, 3.8) is 0 Å². The smallest absolute Gasteiger partial charge is 0.251 e. The Morgan fingerprint density at radius 3 is 2.67 bits per heavy atom. The molecule has 0 bridgehead atoms. The van der Waals surface area contributed by atoms with Crippen LogP contribution in [0.5, 0.6) is 5.75 Å². The van der Waals surface area contributed by atoms with Crippen molar-refractivity contribution in [2.24, 2.45) is 0 Å². The molecule has 0 saturated heterocycles. The highest BCUT2D eigenvalue weighted by molar-refractivity contribution is 5.95. The Morgan fingerprint density at radius 1 is 1.15 bits per heavy atom. The van der Waals surface area contributed by atoms with Gasteiger partial charge in [0.25, 0.3) is 5.91 Å². The van der Waals surface area contributed by atoms with E-state index in [-0.39, 0.29) is 11.7 Å². The van der Waals surface area contributed by atoms with Gasteiger partial charge in [-0.25, -0.2) is 4.39 Å². The second kappa shape index (κ2) is 7.95. The molecule has 0 saturated carbocycles. The number of rotatable bonds is 6. The lowest BCUT2D eigenvalue weighted by molar-refractivity contribution is 0.0963. The molecule has 3 rings (SSSR count). The first-order valence-corrected chi connectivity index (χ1v) is 8.51. The minimum atomic E-state index is -0.271. The summed E-state index contributed by atoms with van der Waals surface area (Å²) >= 11 is 0. The quantitative estimate of drug-likeness (QED) is 0.678. The van der Waals surface area contributed by atoms with E-state index < -0.39 is 0 Å². The van der Waals surface area contributed by atoms with Gasteiger partial charge in [0.2, 0.25) is 0 Å². The van der Waals surface area contributed by atoms with Crippen LogP contribution in [0.1, 0.15) is 21.7 Å². The molecular formula is C21H21FN2O3. The Balaban J connectivity index is 1.77. The van der Waals surface area contributed by atoms with E-state index in [1.807, 2.05) is 19.1 Å². The Morgan fingerprint density at radius 2 is 1.96 bits per heavy atom. The Hall–Kier alpha value is -3.28. The second-order valence-electron chi connectivity index (χ2n) is 6.07. The van der Waals surface area contributed by atoms with Crippen molar-refractivity contribution < 1.29 is 18.3 Å². The van der Waals surface area contributed by atoms with E-state index >= 15 is 0 Å². The molecule has 0 atom stereocenters. The van der Waals surface area contributed by atoms with Gasteiger partial charge in [-0.2, -0.15) is 0 Å². The molecule has 27 heavy (non-hydrogen) atoms. The highest BCUT2D eigenvalue weighted by Gasteiger charge is 2.11. The standard InChI is InChI=1S/C21H21FN2O3/c1-13-10-15(22)5-7-17(13)19-9-6-16(27-19)12-24-18-11-14(21(25)23-2)4-8-20(18)26-3/h4-11,24H,12H2,1-3H3,(H,23,25). The van der Waals surface area contributed by atoms with Crippen molar-refractivity contribution in [1.29, 1.82) is 0 Å². The van der Waals surface area contributed by atoms with Gasteiger partial charge in [0.1, 0.15) is 23.1 Å². The molecule has 3 aromatic rings. The largest absolute Gasteiger partial charge is 0.495 e. The van der Waals surface area contributed by atoms with Crippen LogP contribution in [0.25, 0.3) is 11.3 Å². The van der Waals surface area contributed by atoms with Crippen molar-refractivity contribution >= 4 is 11.6 Å². The molecule has 0 fully saturated rings. The van der Waals surface area contributed by atoms with Gasteiger partial charge in [0.15, 0.2) is 0 Å². The van der Waals surface area contributed by atoms with Gasteiger partial charge in [-0.1, -0.05) is 0 Å². The predicted molar refractivity (Wildman–Crippen MR) is 103 cm³/mol. The van der Waals surface area contributed by atoms with E-state index in [0.29, 0.717) is 35.1 Å². The number of benzene rings is 2. The fourth-order valence-corrected chi connectivity index (χ4v) is 2.84. The van der Waals surface area contributed by atoms with Gasteiger partial charge in [-0.3, -0.25) is 4.79 Å². The summed E-state index contributed by atoms with van der Waals surface area (Å²) in [5, 5.41) is 5.83. The maximum atomic E-state index is 13.3. The molecule has 0 unspecified atom stereocenters. The molecule has 0 spiro atoms. The fourth-order valence-electron chi connectivity index (χ4n) is 2.84.